The van der Waals surface area contributed by atoms with Gasteiger partial charge in [-0.25, -0.2) is 0 Å². The largest absolute Gasteiger partial charge is 0.294 e. The predicted octanol–water partition coefficient (Wildman–Crippen LogP) is 8.55. The van der Waals surface area contributed by atoms with Crippen molar-refractivity contribution in [3.8, 4) is 11.1 Å². The molecule has 0 N–H and O–H groups in total. The van der Waals surface area contributed by atoms with Crippen LogP contribution < -0.4 is 0 Å². The summed E-state index contributed by atoms with van der Waals surface area (Å²) >= 11 is 0. The topological polar surface area (TPSA) is 17.1 Å². The van der Waals surface area contributed by atoms with Crippen LogP contribution >= 0.6 is 0 Å². The Bertz CT molecular complexity index is 1220. The van der Waals surface area contributed by atoms with Crippen LogP contribution in [0.15, 0.2) is 72.4 Å². The second-order valence-electron chi connectivity index (χ2n) is 9.77. The number of carbonyl (C=O) groups excluding carboxylic acids is 1. The lowest BCUT2D eigenvalue weighted by molar-refractivity contribution is 0.0994. The number of carbonyl (C=O) groups is 1. The van der Waals surface area contributed by atoms with Gasteiger partial charge in [-0.15, -0.1) is 0 Å². The van der Waals surface area contributed by atoms with Gasteiger partial charge in [0, 0.05) is 12.0 Å². The maximum atomic E-state index is 12.5. The summed E-state index contributed by atoms with van der Waals surface area (Å²) in [6, 6.07) is 11.4. The van der Waals surface area contributed by atoms with Gasteiger partial charge in [0.05, 0.1) is 0 Å². The Balaban J connectivity index is 1.59. The third-order valence-electron chi connectivity index (χ3n) is 7.69. The molecular formula is C32H34O. The second kappa shape index (κ2) is 9.14. The quantitative estimate of drug-likeness (QED) is 0.416. The number of hydrogen-bond donors (Lipinski definition) is 0. The minimum absolute atomic E-state index is 0.307. The van der Waals surface area contributed by atoms with Gasteiger partial charge in [0.25, 0.3) is 0 Å². The lowest BCUT2D eigenvalue weighted by Gasteiger charge is -2.30. The minimum Gasteiger partial charge on any atom is -0.294 e. The normalized spacial score (nSPS) is 19.3. The smallest absolute Gasteiger partial charge is 0.163 e. The Morgan fingerprint density at radius 2 is 2.00 bits per heavy atom. The molecule has 3 aliphatic carbocycles. The van der Waals surface area contributed by atoms with E-state index in [2.05, 4.69) is 75.1 Å². The van der Waals surface area contributed by atoms with E-state index in [9.17, 15) is 4.79 Å². The molecule has 1 nitrogen and oxygen atoms in total. The zero-order valence-electron chi connectivity index (χ0n) is 20.0. The molecule has 0 aliphatic heterocycles. The molecule has 0 bridgehead atoms. The Kier molecular flexibility index (Phi) is 6.06. The summed E-state index contributed by atoms with van der Waals surface area (Å²) in [7, 11) is 0. The molecule has 5 rings (SSSR count). The van der Waals surface area contributed by atoms with E-state index >= 15 is 0 Å². The van der Waals surface area contributed by atoms with E-state index in [0.717, 1.165) is 43.2 Å². The number of fused-ring (bicyclic) bond motifs is 5. The minimum atomic E-state index is 0.307. The van der Waals surface area contributed by atoms with Gasteiger partial charge in [0.15, 0.2) is 5.78 Å². The highest BCUT2D eigenvalue weighted by Gasteiger charge is 2.31. The molecule has 1 atom stereocenters. The first-order valence-corrected chi connectivity index (χ1v) is 12.7. The van der Waals surface area contributed by atoms with Crippen molar-refractivity contribution in [2.75, 3.05) is 0 Å². The molecule has 0 fully saturated rings. The van der Waals surface area contributed by atoms with Crippen LogP contribution in [0.25, 0.3) is 16.7 Å². The van der Waals surface area contributed by atoms with Gasteiger partial charge >= 0.3 is 0 Å². The summed E-state index contributed by atoms with van der Waals surface area (Å²) in [5.41, 5.74) is 13.1. The standard InChI is InChI=1S/C32H34O/c1-4-7-22(5-2)10-11-25-19-26-13-15-28-29(16-17-31(28)33)32(26)30-20-24(12-14-27(25)30)23-9-6-8-21(3)18-23/h6-8,12-15,18,20,25H,3-5,9-11,16-17,19H2,1-2H3. The van der Waals surface area contributed by atoms with Crippen LogP contribution in [0, 0.1) is 0 Å². The summed E-state index contributed by atoms with van der Waals surface area (Å²) in [5.74, 6) is 0.833. The molecule has 2 aromatic carbocycles. The van der Waals surface area contributed by atoms with Crippen molar-refractivity contribution in [2.45, 2.75) is 71.1 Å². The molecule has 2 aromatic rings. The number of hydrogen-bond acceptors (Lipinski definition) is 1. The van der Waals surface area contributed by atoms with Gasteiger partial charge in [-0.1, -0.05) is 74.6 Å². The fraction of sp³-hybridized carbons (Fsp3) is 0.344. The van der Waals surface area contributed by atoms with Crippen molar-refractivity contribution < 1.29 is 4.79 Å². The van der Waals surface area contributed by atoms with Crippen molar-refractivity contribution >= 4 is 11.4 Å². The first-order valence-electron chi connectivity index (χ1n) is 12.7. The predicted molar refractivity (Wildman–Crippen MR) is 140 cm³/mol. The number of ketones is 1. The number of Topliss-reactive ketones (excluding diaryl/α,β-unsaturated/α-hetero) is 1. The van der Waals surface area contributed by atoms with E-state index in [1.165, 1.54) is 51.8 Å². The lowest BCUT2D eigenvalue weighted by Crippen LogP contribution is -2.14. The number of benzene rings is 2. The Labute approximate surface area is 198 Å². The van der Waals surface area contributed by atoms with Crippen molar-refractivity contribution in [3.05, 3.63) is 100 Å². The third kappa shape index (κ3) is 4.10. The molecule has 0 saturated heterocycles. The van der Waals surface area contributed by atoms with Gasteiger partial charge in [-0.05, 0) is 101 Å². The van der Waals surface area contributed by atoms with E-state index in [0.29, 0.717) is 18.1 Å². The van der Waals surface area contributed by atoms with Crippen LogP contribution in [-0.4, -0.2) is 5.78 Å². The zero-order valence-corrected chi connectivity index (χ0v) is 20.0. The average Bonchev–Trinajstić information content (AvgIpc) is 3.21. The van der Waals surface area contributed by atoms with Crippen LogP contribution in [0.4, 0.5) is 0 Å². The van der Waals surface area contributed by atoms with Crippen LogP contribution in [-0.2, 0) is 12.8 Å². The fourth-order valence-electron chi connectivity index (χ4n) is 6.00. The number of allylic oxidation sites excluding steroid dienone is 7. The summed E-state index contributed by atoms with van der Waals surface area (Å²) in [4.78, 5) is 12.5. The van der Waals surface area contributed by atoms with Gasteiger partial charge in [0.2, 0.25) is 0 Å². The Morgan fingerprint density at radius 1 is 1.12 bits per heavy atom. The molecule has 33 heavy (non-hydrogen) atoms. The molecule has 0 radical (unpaired) electrons. The van der Waals surface area contributed by atoms with Crippen LogP contribution in [0.5, 0.6) is 0 Å². The van der Waals surface area contributed by atoms with Gasteiger partial charge < -0.3 is 0 Å². The molecule has 0 spiro atoms. The molecule has 0 heterocycles. The maximum absolute atomic E-state index is 12.5. The summed E-state index contributed by atoms with van der Waals surface area (Å²) < 4.78 is 0. The van der Waals surface area contributed by atoms with E-state index in [4.69, 9.17) is 0 Å². The molecule has 1 heteroatoms. The van der Waals surface area contributed by atoms with Crippen LogP contribution in [0.1, 0.15) is 90.9 Å². The first kappa shape index (κ1) is 21.9. The molecule has 0 saturated carbocycles. The van der Waals surface area contributed by atoms with Crippen LogP contribution in [0.2, 0.25) is 0 Å². The van der Waals surface area contributed by atoms with Gasteiger partial charge in [-0.3, -0.25) is 4.79 Å². The first-order chi connectivity index (χ1) is 16.1. The van der Waals surface area contributed by atoms with Crippen molar-refractivity contribution in [1.82, 2.24) is 0 Å². The van der Waals surface area contributed by atoms with E-state index in [1.54, 1.807) is 5.57 Å². The van der Waals surface area contributed by atoms with E-state index < -0.39 is 0 Å². The molecule has 1 unspecified atom stereocenters. The highest BCUT2D eigenvalue weighted by atomic mass is 16.1. The maximum Gasteiger partial charge on any atom is 0.163 e. The highest BCUT2D eigenvalue weighted by Crippen LogP contribution is 2.47. The molecule has 3 aliphatic rings. The van der Waals surface area contributed by atoms with E-state index in [1.807, 2.05) is 0 Å². The van der Waals surface area contributed by atoms with Crippen molar-refractivity contribution in [1.29, 1.82) is 0 Å². The van der Waals surface area contributed by atoms with Crippen LogP contribution in [0.3, 0.4) is 0 Å². The molecule has 168 valence electrons. The molecular weight excluding hydrogens is 400 g/mol. The summed E-state index contributed by atoms with van der Waals surface area (Å²) in [6.45, 7) is 8.65. The van der Waals surface area contributed by atoms with Gasteiger partial charge in [-0.2, -0.15) is 0 Å². The molecule has 0 aromatic heterocycles. The monoisotopic (exact) mass is 434 g/mol. The summed E-state index contributed by atoms with van der Waals surface area (Å²) in [5, 5.41) is 0. The average molecular weight is 435 g/mol. The zero-order chi connectivity index (χ0) is 22.9. The third-order valence-corrected chi connectivity index (χ3v) is 7.69. The second-order valence-corrected chi connectivity index (χ2v) is 9.77. The van der Waals surface area contributed by atoms with Gasteiger partial charge in [0.1, 0.15) is 0 Å². The lowest BCUT2D eigenvalue weighted by atomic mass is 9.73. The fourth-order valence-corrected chi connectivity index (χ4v) is 6.00. The molecule has 0 amide bonds. The Hall–Kier alpha value is -2.93. The SMILES string of the molecule is C=C1C=CCC(c2ccc3c(c2)-c2c(ccc4c2CCC4=O)CC3CCC(=CCC)CC)=C1. The Morgan fingerprint density at radius 3 is 2.79 bits per heavy atom. The summed E-state index contributed by atoms with van der Waals surface area (Å²) in [6.07, 6.45) is 17.1. The van der Waals surface area contributed by atoms with Crippen molar-refractivity contribution in [2.24, 2.45) is 0 Å². The highest BCUT2D eigenvalue weighted by molar-refractivity contribution is 6.03. The van der Waals surface area contributed by atoms with E-state index in [-0.39, 0.29) is 0 Å². The van der Waals surface area contributed by atoms with Crippen molar-refractivity contribution in [3.63, 3.8) is 0 Å². The number of rotatable bonds is 6.